The Labute approximate surface area is 98.0 Å². The van der Waals surface area contributed by atoms with Gasteiger partial charge in [0.25, 0.3) is 0 Å². The molecule has 4 heteroatoms. The van der Waals surface area contributed by atoms with E-state index in [9.17, 15) is 9.90 Å². The summed E-state index contributed by atoms with van der Waals surface area (Å²) >= 11 is 0. The number of amides is 1. The summed E-state index contributed by atoms with van der Waals surface area (Å²) in [5.74, 6) is 0.496. The monoisotopic (exact) mass is 228 g/mol. The summed E-state index contributed by atoms with van der Waals surface area (Å²) in [5, 5.41) is 12.4. The molecule has 0 radical (unpaired) electrons. The average Bonchev–Trinajstić information content (AvgIpc) is 2.77. The Bertz CT molecular complexity index is 225. The van der Waals surface area contributed by atoms with Crippen molar-refractivity contribution in [1.29, 1.82) is 0 Å². The summed E-state index contributed by atoms with van der Waals surface area (Å²) in [4.78, 5) is 13.9. The van der Waals surface area contributed by atoms with Crippen LogP contribution in [0.1, 0.15) is 33.6 Å². The van der Waals surface area contributed by atoms with Crippen LogP contribution in [0.25, 0.3) is 0 Å². The van der Waals surface area contributed by atoms with Crippen LogP contribution in [0.2, 0.25) is 0 Å². The van der Waals surface area contributed by atoms with Gasteiger partial charge in [-0.3, -0.25) is 4.79 Å². The summed E-state index contributed by atoms with van der Waals surface area (Å²) in [6.45, 7) is 7.81. The Hall–Kier alpha value is -0.610. The van der Waals surface area contributed by atoms with Crippen molar-refractivity contribution in [1.82, 2.24) is 10.2 Å². The highest BCUT2D eigenvalue weighted by Gasteiger charge is 2.25. The molecule has 1 saturated heterocycles. The van der Waals surface area contributed by atoms with Crippen molar-refractivity contribution in [2.45, 2.75) is 45.7 Å². The third-order valence-electron chi connectivity index (χ3n) is 3.25. The predicted octanol–water partition coefficient (Wildman–Crippen LogP) is 0.604. The molecule has 1 rings (SSSR count). The van der Waals surface area contributed by atoms with E-state index in [1.807, 2.05) is 25.7 Å². The smallest absolute Gasteiger partial charge is 0.239 e. The fourth-order valence-corrected chi connectivity index (χ4v) is 2.06. The summed E-state index contributed by atoms with van der Waals surface area (Å²) in [5.41, 5.74) is 0. The minimum absolute atomic E-state index is 0.00144. The molecule has 2 atom stereocenters. The zero-order valence-corrected chi connectivity index (χ0v) is 10.6. The molecule has 1 heterocycles. The van der Waals surface area contributed by atoms with E-state index < -0.39 is 0 Å². The lowest BCUT2D eigenvalue weighted by Gasteiger charge is -2.27. The first-order valence-corrected chi connectivity index (χ1v) is 6.22. The maximum absolute atomic E-state index is 12.0. The van der Waals surface area contributed by atoms with Crippen molar-refractivity contribution in [3.63, 3.8) is 0 Å². The van der Waals surface area contributed by atoms with E-state index in [0.29, 0.717) is 5.92 Å². The molecule has 1 fully saturated rings. The molecule has 1 aliphatic heterocycles. The molecule has 2 N–H and O–H groups in total. The standard InChI is InChI=1S/C12H24N2O2/c1-9(2)11(8-15)13-10(3)12(16)14-6-4-5-7-14/h9-11,13,15H,4-8H2,1-3H3/t10?,11-/m1/s1. The van der Waals surface area contributed by atoms with Gasteiger partial charge < -0.3 is 15.3 Å². The first-order chi connectivity index (χ1) is 7.56. The number of hydrogen-bond donors (Lipinski definition) is 2. The van der Waals surface area contributed by atoms with Gasteiger partial charge in [0.05, 0.1) is 12.6 Å². The maximum Gasteiger partial charge on any atom is 0.239 e. The molecule has 16 heavy (non-hydrogen) atoms. The van der Waals surface area contributed by atoms with E-state index in [2.05, 4.69) is 5.32 Å². The Balaban J connectivity index is 2.43. The van der Waals surface area contributed by atoms with Gasteiger partial charge in [0.2, 0.25) is 5.91 Å². The molecule has 0 spiro atoms. The third-order valence-corrected chi connectivity index (χ3v) is 3.25. The molecule has 1 unspecified atom stereocenters. The zero-order chi connectivity index (χ0) is 12.1. The van der Waals surface area contributed by atoms with Gasteiger partial charge in [-0.05, 0) is 25.7 Å². The Morgan fingerprint density at radius 2 is 1.88 bits per heavy atom. The van der Waals surface area contributed by atoms with Crippen LogP contribution in [0, 0.1) is 5.92 Å². The minimum atomic E-state index is -0.197. The summed E-state index contributed by atoms with van der Waals surface area (Å²) < 4.78 is 0. The van der Waals surface area contributed by atoms with E-state index >= 15 is 0 Å². The van der Waals surface area contributed by atoms with Crippen molar-refractivity contribution in [3.8, 4) is 0 Å². The second kappa shape index (κ2) is 6.21. The van der Waals surface area contributed by atoms with Gasteiger partial charge in [0.1, 0.15) is 0 Å². The lowest BCUT2D eigenvalue weighted by molar-refractivity contribution is -0.132. The number of aliphatic hydroxyl groups excluding tert-OH is 1. The quantitative estimate of drug-likeness (QED) is 0.724. The second-order valence-electron chi connectivity index (χ2n) is 4.95. The van der Waals surface area contributed by atoms with Crippen LogP contribution in [0.5, 0.6) is 0 Å². The summed E-state index contributed by atoms with van der Waals surface area (Å²) in [6.07, 6.45) is 2.23. The topological polar surface area (TPSA) is 52.6 Å². The highest BCUT2D eigenvalue weighted by atomic mass is 16.3. The summed E-state index contributed by atoms with van der Waals surface area (Å²) in [7, 11) is 0. The molecule has 0 aliphatic carbocycles. The molecule has 1 aliphatic rings. The van der Waals surface area contributed by atoms with Crippen molar-refractivity contribution in [2.24, 2.45) is 5.92 Å². The van der Waals surface area contributed by atoms with E-state index in [1.165, 1.54) is 0 Å². The summed E-state index contributed by atoms with van der Waals surface area (Å²) in [6, 6.07) is -0.195. The van der Waals surface area contributed by atoms with Crippen molar-refractivity contribution in [3.05, 3.63) is 0 Å². The highest BCUT2D eigenvalue weighted by Crippen LogP contribution is 2.10. The van der Waals surface area contributed by atoms with E-state index in [0.717, 1.165) is 25.9 Å². The van der Waals surface area contributed by atoms with Crippen LogP contribution < -0.4 is 5.32 Å². The molecule has 4 nitrogen and oxygen atoms in total. The Morgan fingerprint density at radius 1 is 1.31 bits per heavy atom. The minimum Gasteiger partial charge on any atom is -0.395 e. The first kappa shape index (κ1) is 13.5. The average molecular weight is 228 g/mol. The number of carbonyl (C=O) groups excluding carboxylic acids is 1. The van der Waals surface area contributed by atoms with Gasteiger partial charge in [0, 0.05) is 19.1 Å². The number of rotatable bonds is 5. The lowest BCUT2D eigenvalue weighted by Crippen LogP contribution is -2.50. The lowest BCUT2D eigenvalue weighted by atomic mass is 10.0. The number of aliphatic hydroxyl groups is 1. The van der Waals surface area contributed by atoms with Crippen molar-refractivity contribution in [2.75, 3.05) is 19.7 Å². The third kappa shape index (κ3) is 3.46. The number of likely N-dealkylation sites (tertiary alicyclic amines) is 1. The molecule has 94 valence electrons. The maximum atomic E-state index is 12.0. The van der Waals surface area contributed by atoms with E-state index in [4.69, 9.17) is 0 Å². The normalized spacial score (nSPS) is 20.2. The second-order valence-corrected chi connectivity index (χ2v) is 4.95. The van der Waals surface area contributed by atoms with Crippen LogP contribution in [0.3, 0.4) is 0 Å². The van der Waals surface area contributed by atoms with Crippen LogP contribution >= 0.6 is 0 Å². The van der Waals surface area contributed by atoms with Gasteiger partial charge in [-0.2, -0.15) is 0 Å². The van der Waals surface area contributed by atoms with Crippen LogP contribution in [0.4, 0.5) is 0 Å². The zero-order valence-electron chi connectivity index (χ0n) is 10.6. The predicted molar refractivity (Wildman–Crippen MR) is 64.1 cm³/mol. The number of hydrogen-bond acceptors (Lipinski definition) is 3. The number of nitrogens with zero attached hydrogens (tertiary/aromatic N) is 1. The Kier molecular flexibility index (Phi) is 5.22. The van der Waals surface area contributed by atoms with Crippen LogP contribution in [0.15, 0.2) is 0 Å². The highest BCUT2D eigenvalue weighted by molar-refractivity contribution is 5.81. The van der Waals surface area contributed by atoms with Gasteiger partial charge in [0.15, 0.2) is 0 Å². The molecular formula is C12H24N2O2. The molecule has 0 saturated carbocycles. The van der Waals surface area contributed by atoms with Gasteiger partial charge >= 0.3 is 0 Å². The molecule has 0 aromatic heterocycles. The first-order valence-electron chi connectivity index (χ1n) is 6.22. The fraction of sp³-hybridized carbons (Fsp3) is 0.917. The Morgan fingerprint density at radius 3 is 2.31 bits per heavy atom. The van der Waals surface area contributed by atoms with Crippen molar-refractivity contribution < 1.29 is 9.90 Å². The number of nitrogens with one attached hydrogen (secondary N) is 1. The van der Waals surface area contributed by atoms with Gasteiger partial charge in [-0.25, -0.2) is 0 Å². The molecule has 0 bridgehead atoms. The van der Waals surface area contributed by atoms with E-state index in [1.54, 1.807) is 0 Å². The van der Waals surface area contributed by atoms with Gasteiger partial charge in [-0.15, -0.1) is 0 Å². The number of carbonyl (C=O) groups is 1. The molecule has 0 aromatic rings. The van der Waals surface area contributed by atoms with Crippen LogP contribution in [-0.4, -0.2) is 47.7 Å². The SMILES string of the molecule is CC(N[C@H](CO)C(C)C)C(=O)N1CCCC1. The largest absolute Gasteiger partial charge is 0.395 e. The van der Waals surface area contributed by atoms with Crippen molar-refractivity contribution >= 4 is 5.91 Å². The molecular weight excluding hydrogens is 204 g/mol. The van der Waals surface area contributed by atoms with Crippen LogP contribution in [-0.2, 0) is 4.79 Å². The van der Waals surface area contributed by atoms with Gasteiger partial charge in [-0.1, -0.05) is 13.8 Å². The molecule has 1 amide bonds. The molecule has 0 aromatic carbocycles. The van der Waals surface area contributed by atoms with E-state index in [-0.39, 0.29) is 24.6 Å². The fourth-order valence-electron chi connectivity index (χ4n) is 2.06.